The number of ether oxygens (including phenoxy) is 1. The number of morpholine rings is 1. The van der Waals surface area contributed by atoms with E-state index in [9.17, 15) is 4.79 Å². The van der Waals surface area contributed by atoms with Gasteiger partial charge in [0.15, 0.2) is 0 Å². The fourth-order valence-corrected chi connectivity index (χ4v) is 2.36. The zero-order chi connectivity index (χ0) is 13.1. The third-order valence-electron chi connectivity index (χ3n) is 3.11. The molecule has 0 saturated carbocycles. The molecule has 4 heteroatoms. The van der Waals surface area contributed by atoms with Gasteiger partial charge in [0, 0.05) is 16.9 Å². The minimum absolute atomic E-state index is 0.00505. The lowest BCUT2D eigenvalue weighted by atomic mass is 10.1. The van der Waals surface area contributed by atoms with E-state index in [2.05, 4.69) is 15.9 Å². The van der Waals surface area contributed by atoms with Crippen LogP contribution in [0.1, 0.15) is 25.5 Å². The van der Waals surface area contributed by atoms with Crippen molar-refractivity contribution in [2.24, 2.45) is 5.92 Å². The summed E-state index contributed by atoms with van der Waals surface area (Å²) >= 11 is 3.42. The Hall–Kier alpha value is -0.870. The molecule has 1 aliphatic heterocycles. The van der Waals surface area contributed by atoms with E-state index in [1.54, 1.807) is 0 Å². The number of carbonyl (C=O) groups excluding carboxylic acids is 1. The van der Waals surface area contributed by atoms with Gasteiger partial charge in [-0.05, 0) is 17.7 Å². The van der Waals surface area contributed by atoms with Crippen molar-refractivity contribution in [1.29, 1.82) is 0 Å². The lowest BCUT2D eigenvalue weighted by molar-refractivity contribution is -0.142. The highest BCUT2D eigenvalue weighted by atomic mass is 79.9. The first-order valence-electron chi connectivity index (χ1n) is 6.24. The zero-order valence-electron chi connectivity index (χ0n) is 10.7. The summed E-state index contributed by atoms with van der Waals surface area (Å²) in [5, 5.41) is 0. The second-order valence-corrected chi connectivity index (χ2v) is 5.77. The minimum atomic E-state index is -0.00505. The summed E-state index contributed by atoms with van der Waals surface area (Å²) in [6.45, 7) is 5.83. The standard InChI is InChI=1S/C14H18BrNO2/c1-10(2)14(17)16-7-8-18-13(9-16)11-3-5-12(15)6-4-11/h3-6,10,13H,7-9H2,1-2H3. The first kappa shape index (κ1) is 13.6. The fourth-order valence-electron chi connectivity index (χ4n) is 2.09. The van der Waals surface area contributed by atoms with E-state index in [1.165, 1.54) is 0 Å². The van der Waals surface area contributed by atoms with Crippen LogP contribution in [0.2, 0.25) is 0 Å². The van der Waals surface area contributed by atoms with Gasteiger partial charge in [0.05, 0.1) is 13.2 Å². The van der Waals surface area contributed by atoms with Gasteiger partial charge in [0.25, 0.3) is 0 Å². The van der Waals surface area contributed by atoms with Gasteiger partial charge >= 0.3 is 0 Å². The Bertz CT molecular complexity index is 416. The predicted octanol–water partition coefficient (Wildman–Crippen LogP) is 3.01. The average molecular weight is 312 g/mol. The van der Waals surface area contributed by atoms with Gasteiger partial charge in [-0.1, -0.05) is 41.9 Å². The van der Waals surface area contributed by atoms with Crippen molar-refractivity contribution in [2.75, 3.05) is 19.7 Å². The quantitative estimate of drug-likeness (QED) is 0.840. The molecule has 98 valence electrons. The highest BCUT2D eigenvalue weighted by Crippen LogP contribution is 2.24. The molecule has 1 saturated heterocycles. The molecule has 0 radical (unpaired) electrons. The highest BCUT2D eigenvalue weighted by Gasteiger charge is 2.26. The van der Waals surface area contributed by atoms with Crippen LogP contribution in [-0.4, -0.2) is 30.5 Å². The van der Waals surface area contributed by atoms with Crippen LogP contribution in [-0.2, 0) is 9.53 Å². The molecule has 0 aliphatic carbocycles. The van der Waals surface area contributed by atoms with E-state index in [-0.39, 0.29) is 17.9 Å². The molecule has 0 aromatic heterocycles. The molecule has 18 heavy (non-hydrogen) atoms. The fraction of sp³-hybridized carbons (Fsp3) is 0.500. The molecule has 0 N–H and O–H groups in total. The molecular formula is C14H18BrNO2. The first-order valence-corrected chi connectivity index (χ1v) is 7.03. The summed E-state index contributed by atoms with van der Waals surface area (Å²) in [5.41, 5.74) is 1.12. The van der Waals surface area contributed by atoms with Crippen LogP contribution < -0.4 is 0 Å². The van der Waals surface area contributed by atoms with Crippen molar-refractivity contribution in [3.05, 3.63) is 34.3 Å². The maximum atomic E-state index is 12.0. The van der Waals surface area contributed by atoms with Crippen LogP contribution in [0.5, 0.6) is 0 Å². The summed E-state index contributed by atoms with van der Waals surface area (Å²) in [6, 6.07) is 8.08. The predicted molar refractivity (Wildman–Crippen MR) is 74.3 cm³/mol. The van der Waals surface area contributed by atoms with Crippen molar-refractivity contribution in [3.8, 4) is 0 Å². The number of hydrogen-bond donors (Lipinski definition) is 0. The number of rotatable bonds is 2. The van der Waals surface area contributed by atoms with Crippen molar-refractivity contribution < 1.29 is 9.53 Å². The van der Waals surface area contributed by atoms with E-state index in [0.717, 1.165) is 10.0 Å². The number of amides is 1. The maximum Gasteiger partial charge on any atom is 0.225 e. The number of hydrogen-bond acceptors (Lipinski definition) is 2. The van der Waals surface area contributed by atoms with Crippen LogP contribution >= 0.6 is 15.9 Å². The SMILES string of the molecule is CC(C)C(=O)N1CCOC(c2ccc(Br)cc2)C1. The molecule has 1 aliphatic rings. The molecule has 1 aromatic carbocycles. The summed E-state index contributed by atoms with van der Waals surface area (Å²) in [5.74, 6) is 0.258. The largest absolute Gasteiger partial charge is 0.370 e. The van der Waals surface area contributed by atoms with E-state index in [0.29, 0.717) is 19.7 Å². The van der Waals surface area contributed by atoms with Crippen LogP contribution in [0, 0.1) is 5.92 Å². The molecule has 0 spiro atoms. The van der Waals surface area contributed by atoms with E-state index in [1.807, 2.05) is 43.0 Å². The molecule has 1 amide bonds. The van der Waals surface area contributed by atoms with E-state index in [4.69, 9.17) is 4.74 Å². The second-order valence-electron chi connectivity index (χ2n) is 4.85. The molecule has 1 fully saturated rings. The number of halogens is 1. The molecule has 0 bridgehead atoms. The normalized spacial score (nSPS) is 20.2. The summed E-state index contributed by atoms with van der Waals surface area (Å²) in [7, 11) is 0. The molecule has 3 nitrogen and oxygen atoms in total. The van der Waals surface area contributed by atoms with Gasteiger partial charge in [-0.3, -0.25) is 4.79 Å². The summed E-state index contributed by atoms with van der Waals surface area (Å²) in [4.78, 5) is 13.9. The number of nitrogens with zero attached hydrogens (tertiary/aromatic N) is 1. The van der Waals surface area contributed by atoms with Crippen LogP contribution in [0.15, 0.2) is 28.7 Å². The van der Waals surface area contributed by atoms with Crippen LogP contribution in [0.25, 0.3) is 0 Å². The van der Waals surface area contributed by atoms with Crippen molar-refractivity contribution in [3.63, 3.8) is 0 Å². The van der Waals surface area contributed by atoms with E-state index < -0.39 is 0 Å². The van der Waals surface area contributed by atoms with Crippen molar-refractivity contribution in [1.82, 2.24) is 4.90 Å². The van der Waals surface area contributed by atoms with Gasteiger partial charge in [0.1, 0.15) is 6.10 Å². The van der Waals surface area contributed by atoms with Gasteiger partial charge in [0.2, 0.25) is 5.91 Å². The lowest BCUT2D eigenvalue weighted by Crippen LogP contribution is -2.44. The Kier molecular flexibility index (Phi) is 4.40. The number of benzene rings is 1. The molecular weight excluding hydrogens is 294 g/mol. The Morgan fingerprint density at radius 2 is 2.06 bits per heavy atom. The lowest BCUT2D eigenvalue weighted by Gasteiger charge is -2.34. The molecule has 1 aromatic rings. The Balaban J connectivity index is 2.07. The van der Waals surface area contributed by atoms with Gasteiger partial charge in [-0.15, -0.1) is 0 Å². The topological polar surface area (TPSA) is 29.5 Å². The Morgan fingerprint density at radius 3 is 2.67 bits per heavy atom. The van der Waals surface area contributed by atoms with Gasteiger partial charge in [-0.25, -0.2) is 0 Å². The minimum Gasteiger partial charge on any atom is -0.370 e. The smallest absolute Gasteiger partial charge is 0.225 e. The molecule has 1 heterocycles. The highest BCUT2D eigenvalue weighted by molar-refractivity contribution is 9.10. The molecule has 1 unspecified atom stereocenters. The van der Waals surface area contributed by atoms with Gasteiger partial charge < -0.3 is 9.64 Å². The second kappa shape index (κ2) is 5.85. The van der Waals surface area contributed by atoms with Crippen molar-refractivity contribution >= 4 is 21.8 Å². The van der Waals surface area contributed by atoms with Gasteiger partial charge in [-0.2, -0.15) is 0 Å². The van der Waals surface area contributed by atoms with Crippen LogP contribution in [0.3, 0.4) is 0 Å². The number of carbonyl (C=O) groups is 1. The molecule has 1 atom stereocenters. The summed E-state index contributed by atoms with van der Waals surface area (Å²) < 4.78 is 6.81. The average Bonchev–Trinajstić information content (AvgIpc) is 2.38. The monoisotopic (exact) mass is 311 g/mol. The maximum absolute atomic E-state index is 12.0. The zero-order valence-corrected chi connectivity index (χ0v) is 12.3. The molecule has 2 rings (SSSR count). The summed E-state index contributed by atoms with van der Waals surface area (Å²) in [6.07, 6.45) is -0.00505. The van der Waals surface area contributed by atoms with E-state index >= 15 is 0 Å². The third kappa shape index (κ3) is 3.12. The van der Waals surface area contributed by atoms with Crippen LogP contribution in [0.4, 0.5) is 0 Å². The Labute approximate surface area is 116 Å². The third-order valence-corrected chi connectivity index (χ3v) is 3.64. The Morgan fingerprint density at radius 1 is 1.39 bits per heavy atom. The van der Waals surface area contributed by atoms with Crippen molar-refractivity contribution in [2.45, 2.75) is 20.0 Å². The first-order chi connectivity index (χ1) is 8.58.